The number of carboxylic acids is 1. The van der Waals surface area contributed by atoms with Gasteiger partial charge in [-0.3, -0.25) is 14.4 Å². The van der Waals surface area contributed by atoms with E-state index in [1.165, 1.54) is 12.1 Å². The fraction of sp³-hybridized carbons (Fsp3) is 0.367. The van der Waals surface area contributed by atoms with Crippen LogP contribution in [0.2, 0.25) is 0 Å². The summed E-state index contributed by atoms with van der Waals surface area (Å²) in [6.45, 7) is 9.61. The molecule has 0 aliphatic carbocycles. The average Bonchev–Trinajstić information content (AvgIpc) is 2.87. The van der Waals surface area contributed by atoms with E-state index >= 15 is 0 Å². The summed E-state index contributed by atoms with van der Waals surface area (Å²) < 4.78 is 10.3. The molecule has 4 amide bonds. The van der Waals surface area contributed by atoms with Crippen molar-refractivity contribution in [1.29, 1.82) is 0 Å². The highest BCUT2D eigenvalue weighted by Gasteiger charge is 2.23. The molecule has 224 valence electrons. The SMILES string of the molecule is CC(C)(C)OC(=O)NCC(=O)Nc1ccc(C#Cc2cccc(C(=O)N(CCC(=O)O)NC(=O)OC(C)(C)C)c2)cc1. The predicted octanol–water partition coefficient (Wildman–Crippen LogP) is 3.91. The van der Waals surface area contributed by atoms with Gasteiger partial charge in [-0.15, -0.1) is 0 Å². The summed E-state index contributed by atoms with van der Waals surface area (Å²) in [5.41, 5.74) is 2.64. The predicted molar refractivity (Wildman–Crippen MR) is 154 cm³/mol. The fourth-order valence-corrected chi connectivity index (χ4v) is 3.17. The van der Waals surface area contributed by atoms with Gasteiger partial charge in [-0.2, -0.15) is 0 Å². The quantitative estimate of drug-likeness (QED) is 0.283. The van der Waals surface area contributed by atoms with Crippen LogP contribution in [0.25, 0.3) is 0 Å². The van der Waals surface area contributed by atoms with Crippen LogP contribution in [0.1, 0.15) is 69.4 Å². The van der Waals surface area contributed by atoms with Gasteiger partial charge in [-0.1, -0.05) is 17.9 Å². The Morgan fingerprint density at radius 3 is 2.02 bits per heavy atom. The van der Waals surface area contributed by atoms with Crippen LogP contribution in [0.4, 0.5) is 15.3 Å². The number of nitrogens with zero attached hydrogens (tertiary/aromatic N) is 1. The fourth-order valence-electron chi connectivity index (χ4n) is 3.17. The Morgan fingerprint density at radius 2 is 1.43 bits per heavy atom. The standard InChI is InChI=1S/C30H36N4O8/c1-29(2,3)41-27(39)31-19-24(35)32-23-14-12-20(13-15-23)10-11-21-8-7-9-22(18-21)26(38)34(17-16-25(36)37)33-28(40)42-30(4,5)6/h7-9,12-15,18H,16-17,19H2,1-6H3,(H,31,39)(H,32,35)(H,33,40)(H,36,37). The maximum Gasteiger partial charge on any atom is 0.426 e. The minimum atomic E-state index is -1.14. The lowest BCUT2D eigenvalue weighted by atomic mass is 10.1. The highest BCUT2D eigenvalue weighted by Crippen LogP contribution is 2.12. The smallest absolute Gasteiger partial charge is 0.426 e. The Hall–Kier alpha value is -5.05. The summed E-state index contributed by atoms with van der Waals surface area (Å²) in [4.78, 5) is 60.2. The van der Waals surface area contributed by atoms with Crippen molar-refractivity contribution in [3.8, 4) is 11.8 Å². The number of amides is 4. The van der Waals surface area contributed by atoms with Gasteiger partial charge in [0.2, 0.25) is 5.91 Å². The first kappa shape index (κ1) is 33.2. The van der Waals surface area contributed by atoms with Crippen LogP contribution in [0, 0.1) is 11.8 Å². The van der Waals surface area contributed by atoms with Crippen LogP contribution in [0.5, 0.6) is 0 Å². The third-order valence-corrected chi connectivity index (χ3v) is 4.84. The maximum absolute atomic E-state index is 13.1. The number of hydrogen-bond acceptors (Lipinski definition) is 7. The van der Waals surface area contributed by atoms with Crippen LogP contribution in [-0.2, 0) is 19.1 Å². The molecule has 2 rings (SSSR count). The third kappa shape index (κ3) is 12.9. The van der Waals surface area contributed by atoms with Crippen LogP contribution < -0.4 is 16.1 Å². The lowest BCUT2D eigenvalue weighted by molar-refractivity contribution is -0.137. The summed E-state index contributed by atoms with van der Waals surface area (Å²) in [7, 11) is 0. The molecule has 0 spiro atoms. The van der Waals surface area contributed by atoms with E-state index in [1.807, 2.05) is 0 Å². The molecular formula is C30H36N4O8. The molecule has 0 atom stereocenters. The van der Waals surface area contributed by atoms with Crippen molar-refractivity contribution in [3.05, 3.63) is 65.2 Å². The van der Waals surface area contributed by atoms with Gasteiger partial charge in [0.25, 0.3) is 5.91 Å². The molecule has 0 radical (unpaired) electrons. The molecule has 0 heterocycles. The van der Waals surface area contributed by atoms with Crippen molar-refractivity contribution in [1.82, 2.24) is 15.8 Å². The number of anilines is 1. The molecule has 42 heavy (non-hydrogen) atoms. The molecule has 2 aromatic carbocycles. The number of hydrogen-bond donors (Lipinski definition) is 4. The van der Waals surface area contributed by atoms with Gasteiger partial charge in [-0.05, 0) is 84.0 Å². The molecule has 0 fully saturated rings. The molecule has 0 bridgehead atoms. The largest absolute Gasteiger partial charge is 0.481 e. The number of carboxylic acid groups (broad SMARTS) is 1. The number of alkyl carbamates (subject to hydrolysis) is 1. The van der Waals surface area contributed by atoms with Crippen molar-refractivity contribution in [2.24, 2.45) is 0 Å². The van der Waals surface area contributed by atoms with E-state index < -0.39 is 47.6 Å². The van der Waals surface area contributed by atoms with Crippen molar-refractivity contribution >= 4 is 35.7 Å². The maximum atomic E-state index is 13.1. The zero-order chi connectivity index (χ0) is 31.5. The molecule has 0 aromatic heterocycles. The van der Waals surface area contributed by atoms with E-state index in [2.05, 4.69) is 27.9 Å². The second kappa shape index (κ2) is 14.5. The van der Waals surface area contributed by atoms with Crippen LogP contribution >= 0.6 is 0 Å². The molecule has 12 heteroatoms. The Balaban J connectivity index is 2.06. The van der Waals surface area contributed by atoms with Crippen molar-refractivity contribution in [2.75, 3.05) is 18.4 Å². The van der Waals surface area contributed by atoms with Gasteiger partial charge < -0.3 is 25.2 Å². The van der Waals surface area contributed by atoms with Crippen LogP contribution in [-0.4, -0.2) is 64.4 Å². The number of rotatable bonds is 7. The number of aliphatic carboxylic acids is 1. The number of nitrogens with one attached hydrogen (secondary N) is 3. The number of carbonyl (C=O) groups is 5. The number of hydrazine groups is 1. The Morgan fingerprint density at radius 1 is 0.833 bits per heavy atom. The average molecular weight is 581 g/mol. The summed E-state index contributed by atoms with van der Waals surface area (Å²) in [6.07, 6.45) is -1.98. The van der Waals surface area contributed by atoms with E-state index in [9.17, 15) is 24.0 Å². The minimum absolute atomic E-state index is 0.182. The van der Waals surface area contributed by atoms with Gasteiger partial charge in [0, 0.05) is 22.4 Å². The van der Waals surface area contributed by atoms with E-state index in [4.69, 9.17) is 14.6 Å². The first-order valence-corrected chi connectivity index (χ1v) is 13.0. The van der Waals surface area contributed by atoms with Gasteiger partial charge >= 0.3 is 18.2 Å². The lowest BCUT2D eigenvalue weighted by Crippen LogP contribution is -2.48. The molecule has 0 saturated carbocycles. The second-order valence-corrected chi connectivity index (χ2v) is 11.0. The molecule has 0 aliphatic rings. The number of carbonyl (C=O) groups excluding carboxylic acids is 4. The molecular weight excluding hydrogens is 544 g/mol. The molecule has 12 nitrogen and oxygen atoms in total. The van der Waals surface area contributed by atoms with Crippen LogP contribution in [0.3, 0.4) is 0 Å². The van der Waals surface area contributed by atoms with Gasteiger partial charge in [0.1, 0.15) is 17.7 Å². The molecule has 0 aliphatic heterocycles. The van der Waals surface area contributed by atoms with E-state index in [1.54, 1.807) is 77.9 Å². The molecule has 4 N–H and O–H groups in total. The first-order valence-electron chi connectivity index (χ1n) is 13.0. The normalized spacial score (nSPS) is 10.8. The Kier molecular flexibility index (Phi) is 11.5. The van der Waals surface area contributed by atoms with E-state index in [-0.39, 0.29) is 18.7 Å². The van der Waals surface area contributed by atoms with Crippen LogP contribution in [0.15, 0.2) is 48.5 Å². The van der Waals surface area contributed by atoms with Crippen molar-refractivity contribution in [2.45, 2.75) is 59.2 Å². The zero-order valence-electron chi connectivity index (χ0n) is 24.5. The summed E-state index contributed by atoms with van der Waals surface area (Å²) >= 11 is 0. The topological polar surface area (TPSA) is 163 Å². The lowest BCUT2D eigenvalue weighted by Gasteiger charge is -2.26. The second-order valence-electron chi connectivity index (χ2n) is 11.0. The number of ether oxygens (including phenoxy) is 2. The molecule has 0 unspecified atom stereocenters. The highest BCUT2D eigenvalue weighted by molar-refractivity contribution is 5.95. The van der Waals surface area contributed by atoms with Crippen molar-refractivity contribution < 1.29 is 38.6 Å². The molecule has 2 aromatic rings. The van der Waals surface area contributed by atoms with E-state index in [0.717, 1.165) is 5.01 Å². The first-order chi connectivity index (χ1) is 19.5. The zero-order valence-corrected chi connectivity index (χ0v) is 24.5. The summed E-state index contributed by atoms with van der Waals surface area (Å²) in [6, 6.07) is 13.0. The van der Waals surface area contributed by atoms with E-state index in [0.29, 0.717) is 16.8 Å². The van der Waals surface area contributed by atoms with Gasteiger partial charge in [-0.25, -0.2) is 20.0 Å². The highest BCUT2D eigenvalue weighted by atomic mass is 16.6. The molecule has 0 saturated heterocycles. The minimum Gasteiger partial charge on any atom is -0.481 e. The number of benzene rings is 2. The van der Waals surface area contributed by atoms with Gasteiger partial charge in [0.15, 0.2) is 0 Å². The van der Waals surface area contributed by atoms with Gasteiger partial charge in [0.05, 0.1) is 13.0 Å². The Labute approximate surface area is 244 Å². The summed E-state index contributed by atoms with van der Waals surface area (Å²) in [5.74, 6) is 3.72. The summed E-state index contributed by atoms with van der Waals surface area (Å²) in [5, 5.41) is 15.0. The Bertz CT molecular complexity index is 1360. The monoisotopic (exact) mass is 580 g/mol. The van der Waals surface area contributed by atoms with Crippen molar-refractivity contribution in [3.63, 3.8) is 0 Å². The third-order valence-electron chi connectivity index (χ3n) is 4.84.